The Morgan fingerprint density at radius 3 is 2.50 bits per heavy atom. The Kier molecular flexibility index (Phi) is 3.04. The topological polar surface area (TPSA) is 20.2 Å². The van der Waals surface area contributed by atoms with E-state index in [1.165, 1.54) is 4.90 Å². The third kappa shape index (κ3) is 2.45. The summed E-state index contributed by atoms with van der Waals surface area (Å²) in [6.45, 7) is 6.24. The van der Waals surface area contributed by atoms with Crippen molar-refractivity contribution in [3.63, 3.8) is 0 Å². The first-order valence-corrected chi connectivity index (χ1v) is 4.94. The van der Waals surface area contributed by atoms with Crippen LogP contribution in [0.2, 0.25) is 0 Å². The van der Waals surface area contributed by atoms with E-state index in [0.29, 0.717) is 11.0 Å². The van der Waals surface area contributed by atoms with Crippen LogP contribution in [0.3, 0.4) is 0 Å². The maximum absolute atomic E-state index is 9.27. The lowest BCUT2D eigenvalue weighted by molar-refractivity contribution is 0.470. The van der Waals surface area contributed by atoms with Gasteiger partial charge in [0.05, 0.1) is 0 Å². The minimum absolute atomic E-state index is 0.378. The third-order valence-corrected chi connectivity index (χ3v) is 2.54. The molecule has 0 heterocycles. The van der Waals surface area contributed by atoms with E-state index in [2.05, 4.69) is 13.8 Å². The van der Waals surface area contributed by atoms with Gasteiger partial charge in [-0.25, -0.2) is 0 Å². The maximum atomic E-state index is 9.27. The van der Waals surface area contributed by atoms with Crippen molar-refractivity contribution in [1.29, 1.82) is 0 Å². The molecule has 0 saturated heterocycles. The SMILES string of the molecule is Cc1cc(SC(C)C)ccc1O. The molecular formula is C10H14OS. The highest BCUT2D eigenvalue weighted by Gasteiger charge is 2.00. The summed E-state index contributed by atoms with van der Waals surface area (Å²) >= 11 is 1.81. The van der Waals surface area contributed by atoms with Gasteiger partial charge in [-0.2, -0.15) is 0 Å². The van der Waals surface area contributed by atoms with Crippen LogP contribution in [0.5, 0.6) is 5.75 Å². The molecule has 2 heteroatoms. The number of hydrogen-bond donors (Lipinski definition) is 1. The number of phenols is 1. The van der Waals surface area contributed by atoms with E-state index in [4.69, 9.17) is 0 Å². The number of rotatable bonds is 2. The van der Waals surface area contributed by atoms with Gasteiger partial charge < -0.3 is 5.11 Å². The van der Waals surface area contributed by atoms with Gasteiger partial charge in [-0.15, -0.1) is 11.8 Å². The molecule has 0 unspecified atom stereocenters. The van der Waals surface area contributed by atoms with Gasteiger partial charge in [-0.3, -0.25) is 0 Å². The summed E-state index contributed by atoms with van der Waals surface area (Å²) in [5.41, 5.74) is 0.945. The normalized spacial score (nSPS) is 10.7. The van der Waals surface area contributed by atoms with Gasteiger partial charge in [-0.05, 0) is 30.7 Å². The Bertz CT molecular complexity index is 269. The van der Waals surface area contributed by atoms with E-state index in [9.17, 15) is 5.11 Å². The van der Waals surface area contributed by atoms with Crippen LogP contribution in [0.4, 0.5) is 0 Å². The summed E-state index contributed by atoms with van der Waals surface area (Å²) in [5.74, 6) is 0.378. The van der Waals surface area contributed by atoms with Crippen LogP contribution in [0.25, 0.3) is 0 Å². The van der Waals surface area contributed by atoms with Gasteiger partial charge in [0.25, 0.3) is 0 Å². The van der Waals surface area contributed by atoms with Crippen molar-refractivity contribution >= 4 is 11.8 Å². The fourth-order valence-corrected chi connectivity index (χ4v) is 1.91. The zero-order valence-electron chi connectivity index (χ0n) is 7.66. The fourth-order valence-electron chi connectivity index (χ4n) is 0.973. The van der Waals surface area contributed by atoms with Crippen LogP contribution >= 0.6 is 11.8 Å². The molecule has 0 radical (unpaired) electrons. The molecule has 0 aliphatic heterocycles. The molecular weight excluding hydrogens is 168 g/mol. The zero-order valence-corrected chi connectivity index (χ0v) is 8.48. The molecule has 0 fully saturated rings. The summed E-state index contributed by atoms with van der Waals surface area (Å²) in [5, 5.41) is 9.86. The molecule has 0 atom stereocenters. The zero-order chi connectivity index (χ0) is 9.14. The van der Waals surface area contributed by atoms with Gasteiger partial charge in [0.1, 0.15) is 5.75 Å². The number of aryl methyl sites for hydroxylation is 1. The van der Waals surface area contributed by atoms with Gasteiger partial charge in [0.2, 0.25) is 0 Å². The first-order valence-electron chi connectivity index (χ1n) is 4.06. The van der Waals surface area contributed by atoms with Crippen LogP contribution in [0, 0.1) is 6.92 Å². The molecule has 0 saturated carbocycles. The summed E-state index contributed by atoms with van der Waals surface area (Å²) < 4.78 is 0. The van der Waals surface area contributed by atoms with Crippen LogP contribution in [-0.2, 0) is 0 Å². The van der Waals surface area contributed by atoms with Gasteiger partial charge in [0.15, 0.2) is 0 Å². The van der Waals surface area contributed by atoms with E-state index in [0.717, 1.165) is 5.56 Å². The molecule has 0 amide bonds. The van der Waals surface area contributed by atoms with Gasteiger partial charge in [0, 0.05) is 10.1 Å². The molecule has 1 aromatic rings. The lowest BCUT2D eigenvalue weighted by Crippen LogP contribution is -1.86. The quantitative estimate of drug-likeness (QED) is 0.709. The van der Waals surface area contributed by atoms with E-state index >= 15 is 0 Å². The second kappa shape index (κ2) is 3.85. The van der Waals surface area contributed by atoms with E-state index in [1.54, 1.807) is 6.07 Å². The van der Waals surface area contributed by atoms with Crippen molar-refractivity contribution in [2.75, 3.05) is 0 Å². The summed E-state index contributed by atoms with van der Waals surface area (Å²) in [6.07, 6.45) is 0. The van der Waals surface area contributed by atoms with Crippen LogP contribution < -0.4 is 0 Å². The lowest BCUT2D eigenvalue weighted by atomic mass is 10.2. The highest BCUT2D eigenvalue weighted by atomic mass is 32.2. The smallest absolute Gasteiger partial charge is 0.118 e. The van der Waals surface area contributed by atoms with Crippen molar-refractivity contribution in [3.8, 4) is 5.75 Å². The first-order chi connectivity index (χ1) is 5.59. The molecule has 0 bridgehead atoms. The minimum Gasteiger partial charge on any atom is -0.508 e. The lowest BCUT2D eigenvalue weighted by Gasteiger charge is -2.06. The average molecular weight is 182 g/mol. The second-order valence-corrected chi connectivity index (χ2v) is 4.76. The Morgan fingerprint density at radius 1 is 1.33 bits per heavy atom. The molecule has 0 aliphatic carbocycles. The molecule has 1 nitrogen and oxygen atoms in total. The minimum atomic E-state index is 0.378. The molecule has 12 heavy (non-hydrogen) atoms. The molecule has 0 aromatic heterocycles. The highest BCUT2D eigenvalue weighted by Crippen LogP contribution is 2.27. The maximum Gasteiger partial charge on any atom is 0.118 e. The number of phenolic OH excluding ortho intramolecular Hbond substituents is 1. The van der Waals surface area contributed by atoms with Crippen molar-refractivity contribution in [1.82, 2.24) is 0 Å². The van der Waals surface area contributed by atoms with Crippen molar-refractivity contribution in [2.24, 2.45) is 0 Å². The van der Waals surface area contributed by atoms with E-state index in [-0.39, 0.29) is 0 Å². The standard InChI is InChI=1S/C10H14OS/c1-7(2)12-9-4-5-10(11)8(3)6-9/h4-7,11H,1-3H3. The molecule has 0 spiro atoms. The summed E-state index contributed by atoms with van der Waals surface area (Å²) in [4.78, 5) is 1.22. The average Bonchev–Trinajstić information content (AvgIpc) is 1.96. The largest absolute Gasteiger partial charge is 0.508 e. The monoisotopic (exact) mass is 182 g/mol. The van der Waals surface area contributed by atoms with Gasteiger partial charge in [-0.1, -0.05) is 13.8 Å². The number of benzene rings is 1. The fraction of sp³-hybridized carbons (Fsp3) is 0.400. The van der Waals surface area contributed by atoms with Gasteiger partial charge >= 0.3 is 0 Å². The van der Waals surface area contributed by atoms with Crippen LogP contribution in [-0.4, -0.2) is 10.4 Å². The summed E-state index contributed by atoms with van der Waals surface area (Å²) in [7, 11) is 0. The number of aromatic hydroxyl groups is 1. The Labute approximate surface area is 77.8 Å². The number of thioether (sulfide) groups is 1. The third-order valence-electron chi connectivity index (χ3n) is 1.54. The molecule has 1 N–H and O–H groups in total. The Hall–Kier alpha value is -0.630. The Morgan fingerprint density at radius 2 is 2.00 bits per heavy atom. The first kappa shape index (κ1) is 9.46. The Balaban J connectivity index is 2.82. The molecule has 0 aliphatic rings. The van der Waals surface area contributed by atoms with Crippen LogP contribution in [0.1, 0.15) is 19.4 Å². The molecule has 1 rings (SSSR count). The molecule has 66 valence electrons. The van der Waals surface area contributed by atoms with E-state index in [1.807, 2.05) is 30.8 Å². The van der Waals surface area contributed by atoms with Crippen LogP contribution in [0.15, 0.2) is 23.1 Å². The predicted molar refractivity (Wildman–Crippen MR) is 53.8 cm³/mol. The highest BCUT2D eigenvalue weighted by molar-refractivity contribution is 7.99. The predicted octanol–water partition coefficient (Wildman–Crippen LogP) is 3.20. The number of hydrogen-bond acceptors (Lipinski definition) is 2. The van der Waals surface area contributed by atoms with Crippen molar-refractivity contribution < 1.29 is 5.11 Å². The molecule has 1 aromatic carbocycles. The van der Waals surface area contributed by atoms with Crippen molar-refractivity contribution in [2.45, 2.75) is 30.9 Å². The second-order valence-electron chi connectivity index (χ2n) is 3.11. The van der Waals surface area contributed by atoms with E-state index < -0.39 is 0 Å². The summed E-state index contributed by atoms with van der Waals surface area (Å²) in [6, 6.07) is 5.72. The van der Waals surface area contributed by atoms with Crippen molar-refractivity contribution in [3.05, 3.63) is 23.8 Å².